The van der Waals surface area contributed by atoms with Crippen molar-refractivity contribution in [1.82, 2.24) is 14.6 Å². The van der Waals surface area contributed by atoms with Crippen molar-refractivity contribution in [3.8, 4) is 5.75 Å². The molecule has 2 heterocycles. The smallest absolute Gasteiger partial charge is 0.459 e. The number of hydrogen-bond donors (Lipinski definition) is 3. The third-order valence-electron chi connectivity index (χ3n) is 5.26. The molecule has 1 aromatic carbocycles. The van der Waals surface area contributed by atoms with E-state index < -0.39 is 56.6 Å². The van der Waals surface area contributed by atoms with Gasteiger partial charge >= 0.3 is 13.7 Å². The van der Waals surface area contributed by atoms with Crippen LogP contribution in [0.1, 0.15) is 33.9 Å². The van der Waals surface area contributed by atoms with Crippen molar-refractivity contribution in [2.75, 3.05) is 12.3 Å². The van der Waals surface area contributed by atoms with Crippen molar-refractivity contribution in [1.29, 1.82) is 0 Å². The first-order valence-electron chi connectivity index (χ1n) is 11.2. The van der Waals surface area contributed by atoms with Crippen LogP contribution in [0.25, 0.3) is 0 Å². The Morgan fingerprint density at radius 1 is 1.36 bits per heavy atom. The molecule has 1 aliphatic heterocycles. The van der Waals surface area contributed by atoms with Crippen LogP contribution >= 0.6 is 20.0 Å². The summed E-state index contributed by atoms with van der Waals surface area (Å²) in [6, 6.07) is 8.47. The zero-order valence-corrected chi connectivity index (χ0v) is 21.9. The number of nitrogens with zero attached hydrogens (tertiary/aromatic N) is 2. The summed E-state index contributed by atoms with van der Waals surface area (Å²) in [6.07, 6.45) is -3.31. The molecule has 0 spiro atoms. The minimum absolute atomic E-state index is 0.0464. The first kappa shape index (κ1) is 28.2. The van der Waals surface area contributed by atoms with E-state index in [1.54, 1.807) is 44.2 Å². The maximum Gasteiger partial charge on any atom is 0.459 e. The quantitative estimate of drug-likeness (QED) is 0.230. The van der Waals surface area contributed by atoms with Gasteiger partial charge in [0, 0.05) is 6.20 Å². The first-order chi connectivity index (χ1) is 16.8. The number of para-hydroxylation sites is 1. The average molecular weight is 545 g/mol. The lowest BCUT2D eigenvalue weighted by atomic mass is 9.98. The molecule has 0 radical (unpaired) electrons. The van der Waals surface area contributed by atoms with Crippen molar-refractivity contribution in [2.24, 2.45) is 0 Å². The number of carbonyl (C=O) groups is 1. The molecule has 2 unspecified atom stereocenters. The van der Waals surface area contributed by atoms with E-state index in [4.69, 9.17) is 36.5 Å². The van der Waals surface area contributed by atoms with Gasteiger partial charge in [0.05, 0.1) is 12.7 Å². The number of rotatable bonds is 10. The highest BCUT2D eigenvalue weighted by Gasteiger charge is 2.55. The lowest BCUT2D eigenvalue weighted by molar-refractivity contribution is -0.149. The van der Waals surface area contributed by atoms with E-state index in [1.807, 2.05) is 0 Å². The van der Waals surface area contributed by atoms with E-state index in [9.17, 15) is 14.5 Å². The predicted octanol–water partition coefficient (Wildman–Crippen LogP) is 3.31. The molecular weight excluding hydrogens is 514 g/mol. The van der Waals surface area contributed by atoms with Gasteiger partial charge in [-0.3, -0.25) is 13.9 Å². The number of benzene rings is 1. The second-order valence-corrected chi connectivity index (χ2v) is 10.8. The third kappa shape index (κ3) is 6.67. The van der Waals surface area contributed by atoms with Gasteiger partial charge in [-0.25, -0.2) is 13.9 Å². The highest BCUT2D eigenvalue weighted by Crippen LogP contribution is 2.47. The van der Waals surface area contributed by atoms with E-state index in [0.29, 0.717) is 0 Å². The van der Waals surface area contributed by atoms with Crippen LogP contribution in [0, 0.1) is 4.77 Å². The maximum absolute atomic E-state index is 15.6. The van der Waals surface area contributed by atoms with E-state index in [1.165, 1.54) is 23.8 Å². The fraction of sp³-hybridized carbons (Fsp3) is 0.500. The molecule has 0 aliphatic carbocycles. The summed E-state index contributed by atoms with van der Waals surface area (Å²) < 4.78 is 52.3. The van der Waals surface area contributed by atoms with Gasteiger partial charge in [-0.1, -0.05) is 18.2 Å². The highest BCUT2D eigenvalue weighted by atomic mass is 32.1. The summed E-state index contributed by atoms with van der Waals surface area (Å²) in [7, 11) is -4.24. The van der Waals surface area contributed by atoms with Gasteiger partial charge in [0.1, 0.15) is 29.8 Å². The summed E-state index contributed by atoms with van der Waals surface area (Å²) in [6.45, 7) is 5.37. The maximum atomic E-state index is 15.6. The number of aliphatic hydroxyl groups excluding tert-OH is 1. The number of ether oxygens (including phenoxy) is 2. The summed E-state index contributed by atoms with van der Waals surface area (Å²) in [5.74, 6) is -0.340. The number of aromatic nitrogens is 2. The molecule has 4 N–H and O–H groups in total. The number of hydrogen-bond acceptors (Lipinski definition) is 10. The molecular formula is C22H30FN4O7PS. The van der Waals surface area contributed by atoms with Gasteiger partial charge in [-0.05, 0) is 58.1 Å². The zero-order valence-electron chi connectivity index (χ0n) is 20.2. The van der Waals surface area contributed by atoms with Gasteiger partial charge in [-0.15, -0.1) is 0 Å². The molecule has 6 atom stereocenters. The summed E-state index contributed by atoms with van der Waals surface area (Å²) in [5.41, 5.74) is 3.31. The molecule has 1 saturated heterocycles. The topological polar surface area (TPSA) is 147 Å². The molecule has 11 nitrogen and oxygen atoms in total. The largest absolute Gasteiger partial charge is 0.462 e. The average Bonchev–Trinajstić information content (AvgIpc) is 3.01. The van der Waals surface area contributed by atoms with Crippen LogP contribution in [0.4, 0.5) is 10.2 Å². The van der Waals surface area contributed by atoms with E-state index in [0.717, 1.165) is 6.92 Å². The standard InChI is InChI=1S/C22H30FN4O7PS/c1-13(2)32-19(29)14(3)26-35(30,34-15-8-6-5-7-9-15)31-12-16-18(28)22(4,23)20(33-16)27-11-10-17(24)25-21(27)36/h5-11,13-14,16,18,20,28H,12H2,1-4H3,(H,26,30)(H2,24,25,36)/t14-,16+,18-,20+,22?,35?/m0/s1. The number of alkyl halides is 1. The second kappa shape index (κ2) is 11.3. The minimum atomic E-state index is -4.24. The summed E-state index contributed by atoms with van der Waals surface area (Å²) >= 11 is 5.15. The van der Waals surface area contributed by atoms with Crippen LogP contribution < -0.4 is 15.3 Å². The Balaban J connectivity index is 1.79. The number of nitrogens with two attached hydrogens (primary N) is 1. The lowest BCUT2D eigenvalue weighted by Crippen LogP contribution is -2.41. The first-order valence-corrected chi connectivity index (χ1v) is 13.1. The molecule has 0 amide bonds. The SMILES string of the molecule is CC(C)OC(=O)[C@H](C)NP(=O)(OC[C@H]1O[C@@H](n2ccc(N)nc2=S)C(C)(F)[C@H]1O)Oc1ccccc1. The molecule has 3 rings (SSSR count). The monoisotopic (exact) mass is 544 g/mol. The van der Waals surface area contributed by atoms with Gasteiger partial charge in [0.2, 0.25) is 4.77 Å². The Morgan fingerprint density at radius 2 is 2.03 bits per heavy atom. The van der Waals surface area contributed by atoms with Gasteiger partial charge in [0.25, 0.3) is 0 Å². The van der Waals surface area contributed by atoms with Crippen LogP contribution in [-0.4, -0.2) is 57.3 Å². The fourth-order valence-electron chi connectivity index (χ4n) is 3.46. The number of esters is 1. The Kier molecular flexibility index (Phi) is 8.86. The third-order valence-corrected chi connectivity index (χ3v) is 7.20. The van der Waals surface area contributed by atoms with E-state index in [2.05, 4.69) is 10.1 Å². The normalized spacial score (nSPS) is 26.4. The Morgan fingerprint density at radius 3 is 2.64 bits per heavy atom. The van der Waals surface area contributed by atoms with Gasteiger partial charge in [0.15, 0.2) is 11.9 Å². The molecule has 198 valence electrons. The number of nitrogens with one attached hydrogen (secondary N) is 1. The number of aliphatic hydroxyl groups is 1. The Bertz CT molecular complexity index is 1170. The van der Waals surface area contributed by atoms with Crippen molar-refractivity contribution >= 4 is 31.8 Å². The predicted molar refractivity (Wildman–Crippen MR) is 131 cm³/mol. The number of halogens is 1. The molecule has 2 aromatic rings. The lowest BCUT2D eigenvalue weighted by Gasteiger charge is -2.25. The van der Waals surface area contributed by atoms with E-state index >= 15 is 4.39 Å². The molecule has 0 bridgehead atoms. The summed E-state index contributed by atoms with van der Waals surface area (Å²) in [4.78, 5) is 16.2. The molecule has 36 heavy (non-hydrogen) atoms. The van der Waals surface area contributed by atoms with Crippen LogP contribution in [0.15, 0.2) is 42.6 Å². The van der Waals surface area contributed by atoms with Crippen LogP contribution in [0.5, 0.6) is 5.75 Å². The molecule has 1 aliphatic rings. The molecule has 1 aromatic heterocycles. The van der Waals surface area contributed by atoms with Crippen molar-refractivity contribution in [3.63, 3.8) is 0 Å². The fourth-order valence-corrected chi connectivity index (χ4v) is 5.22. The van der Waals surface area contributed by atoms with Gasteiger partial charge in [-0.2, -0.15) is 5.09 Å². The Labute approximate surface area is 213 Å². The van der Waals surface area contributed by atoms with Crippen molar-refractivity contribution in [2.45, 2.75) is 63.9 Å². The zero-order chi connectivity index (χ0) is 26.7. The number of carbonyl (C=O) groups excluding carboxylic acids is 1. The molecule has 1 fully saturated rings. The summed E-state index contributed by atoms with van der Waals surface area (Å²) in [5, 5.41) is 13.2. The van der Waals surface area contributed by atoms with Gasteiger partial charge < -0.3 is 24.8 Å². The van der Waals surface area contributed by atoms with Crippen LogP contribution in [-0.2, 0) is 23.4 Å². The Hall–Kier alpha value is -2.41. The van der Waals surface area contributed by atoms with Crippen molar-refractivity contribution < 1.29 is 37.4 Å². The number of nitrogen functional groups attached to an aromatic ring is 1. The minimum Gasteiger partial charge on any atom is -0.462 e. The van der Waals surface area contributed by atoms with Crippen LogP contribution in [0.3, 0.4) is 0 Å². The van der Waals surface area contributed by atoms with E-state index in [-0.39, 0.29) is 16.3 Å². The second-order valence-electron chi connectivity index (χ2n) is 8.70. The highest BCUT2D eigenvalue weighted by molar-refractivity contribution is 7.71. The number of anilines is 1. The van der Waals surface area contributed by atoms with Crippen LogP contribution in [0.2, 0.25) is 0 Å². The molecule has 14 heteroatoms. The van der Waals surface area contributed by atoms with Crippen molar-refractivity contribution in [3.05, 3.63) is 47.4 Å². The molecule has 0 saturated carbocycles.